The van der Waals surface area contributed by atoms with Gasteiger partial charge in [0.1, 0.15) is 5.82 Å². The Hall–Kier alpha value is -2.73. The van der Waals surface area contributed by atoms with Crippen LogP contribution in [0.4, 0.5) is 10.2 Å². The lowest BCUT2D eigenvalue weighted by atomic mass is 9.98. The maximum atomic E-state index is 13.6. The number of H-pyrrole nitrogens is 1. The zero-order valence-electron chi connectivity index (χ0n) is 13.8. The molecule has 132 valence electrons. The van der Waals surface area contributed by atoms with Gasteiger partial charge in [-0.25, -0.2) is 4.39 Å². The van der Waals surface area contributed by atoms with Gasteiger partial charge in [-0.3, -0.25) is 19.8 Å². The molecule has 1 N–H and O–H groups in total. The molecule has 0 bridgehead atoms. The molecule has 1 saturated heterocycles. The lowest BCUT2D eigenvalue weighted by Crippen LogP contribution is -2.28. The SMILES string of the molecule is O=C1[C@H](Cc2ccc(Cl)c(F)c2)CCN1c1cc(-c2ccncc2)[nH]n1. The normalized spacial score (nSPS) is 17.1. The van der Waals surface area contributed by atoms with Gasteiger partial charge < -0.3 is 0 Å². The monoisotopic (exact) mass is 370 g/mol. The molecule has 0 unspecified atom stereocenters. The summed E-state index contributed by atoms with van der Waals surface area (Å²) in [5.41, 5.74) is 2.56. The molecule has 0 aliphatic carbocycles. The van der Waals surface area contributed by atoms with E-state index < -0.39 is 5.82 Å². The number of anilines is 1. The number of benzene rings is 1. The van der Waals surface area contributed by atoms with E-state index in [0.29, 0.717) is 25.2 Å². The molecule has 4 rings (SSSR count). The molecule has 1 atom stereocenters. The number of amides is 1. The number of nitrogens with zero attached hydrogens (tertiary/aromatic N) is 3. The van der Waals surface area contributed by atoms with Crippen molar-refractivity contribution in [3.8, 4) is 11.3 Å². The second-order valence-corrected chi connectivity index (χ2v) is 6.71. The Labute approximate surface area is 154 Å². The summed E-state index contributed by atoms with van der Waals surface area (Å²) in [4.78, 5) is 18.4. The highest BCUT2D eigenvalue weighted by atomic mass is 35.5. The van der Waals surface area contributed by atoms with Gasteiger partial charge in [0.2, 0.25) is 5.91 Å². The number of carbonyl (C=O) groups excluding carboxylic acids is 1. The molecule has 26 heavy (non-hydrogen) atoms. The molecule has 3 aromatic rings. The molecule has 7 heteroatoms. The largest absolute Gasteiger partial charge is 0.295 e. The maximum Gasteiger partial charge on any atom is 0.231 e. The number of aromatic amines is 1. The van der Waals surface area contributed by atoms with Crippen LogP contribution in [0, 0.1) is 11.7 Å². The number of nitrogens with one attached hydrogen (secondary N) is 1. The van der Waals surface area contributed by atoms with Crippen LogP contribution < -0.4 is 4.90 Å². The van der Waals surface area contributed by atoms with Crippen molar-refractivity contribution in [1.82, 2.24) is 15.2 Å². The predicted octanol–water partition coefficient (Wildman–Crippen LogP) is 3.86. The van der Waals surface area contributed by atoms with Gasteiger partial charge in [-0.1, -0.05) is 17.7 Å². The molecule has 0 spiro atoms. The van der Waals surface area contributed by atoms with Gasteiger partial charge >= 0.3 is 0 Å². The number of hydrogen-bond acceptors (Lipinski definition) is 3. The molecule has 2 aromatic heterocycles. The van der Waals surface area contributed by atoms with E-state index in [1.165, 1.54) is 12.1 Å². The summed E-state index contributed by atoms with van der Waals surface area (Å²) in [6.07, 6.45) is 4.61. The van der Waals surface area contributed by atoms with Crippen molar-refractivity contribution in [2.45, 2.75) is 12.8 Å². The fourth-order valence-corrected chi connectivity index (χ4v) is 3.35. The van der Waals surface area contributed by atoms with Gasteiger partial charge in [0.05, 0.1) is 10.7 Å². The first kappa shape index (κ1) is 16.7. The highest BCUT2D eigenvalue weighted by Gasteiger charge is 2.33. The van der Waals surface area contributed by atoms with Crippen LogP contribution in [0.25, 0.3) is 11.3 Å². The lowest BCUT2D eigenvalue weighted by Gasteiger charge is -2.13. The Balaban J connectivity index is 1.49. The van der Waals surface area contributed by atoms with E-state index in [9.17, 15) is 9.18 Å². The van der Waals surface area contributed by atoms with E-state index in [4.69, 9.17) is 11.6 Å². The van der Waals surface area contributed by atoms with Gasteiger partial charge in [0.15, 0.2) is 5.82 Å². The maximum absolute atomic E-state index is 13.6. The quantitative estimate of drug-likeness (QED) is 0.758. The Morgan fingerprint density at radius 3 is 2.81 bits per heavy atom. The average Bonchev–Trinajstić information content (AvgIpc) is 3.27. The first-order valence-electron chi connectivity index (χ1n) is 8.33. The number of pyridine rings is 1. The molecule has 5 nitrogen and oxygen atoms in total. The van der Waals surface area contributed by atoms with Crippen LogP contribution in [-0.2, 0) is 11.2 Å². The summed E-state index contributed by atoms with van der Waals surface area (Å²) in [7, 11) is 0. The van der Waals surface area contributed by atoms with Crippen LogP contribution >= 0.6 is 11.6 Å². The Kier molecular flexibility index (Phi) is 4.42. The predicted molar refractivity (Wildman–Crippen MR) is 97.4 cm³/mol. The van der Waals surface area contributed by atoms with Crippen LogP contribution in [0.1, 0.15) is 12.0 Å². The molecule has 1 fully saturated rings. The first-order chi connectivity index (χ1) is 12.6. The number of rotatable bonds is 4. The zero-order chi connectivity index (χ0) is 18.1. The highest BCUT2D eigenvalue weighted by molar-refractivity contribution is 6.30. The minimum absolute atomic E-state index is 0.00753. The average molecular weight is 371 g/mol. The van der Waals surface area contributed by atoms with E-state index in [1.807, 2.05) is 18.2 Å². The Bertz CT molecular complexity index is 944. The van der Waals surface area contributed by atoms with E-state index in [1.54, 1.807) is 23.4 Å². The summed E-state index contributed by atoms with van der Waals surface area (Å²) >= 11 is 5.72. The van der Waals surface area contributed by atoms with Crippen molar-refractivity contribution in [3.63, 3.8) is 0 Å². The Morgan fingerprint density at radius 1 is 1.23 bits per heavy atom. The van der Waals surface area contributed by atoms with E-state index in [0.717, 1.165) is 16.8 Å². The van der Waals surface area contributed by atoms with E-state index in [2.05, 4.69) is 15.2 Å². The second kappa shape index (κ2) is 6.88. The van der Waals surface area contributed by atoms with Crippen LogP contribution in [0.15, 0.2) is 48.8 Å². The van der Waals surface area contributed by atoms with Crippen molar-refractivity contribution >= 4 is 23.3 Å². The van der Waals surface area contributed by atoms with Crippen LogP contribution in [-0.4, -0.2) is 27.6 Å². The molecule has 3 heterocycles. The third kappa shape index (κ3) is 3.20. The van der Waals surface area contributed by atoms with E-state index in [-0.39, 0.29) is 16.8 Å². The van der Waals surface area contributed by atoms with Crippen LogP contribution in [0.3, 0.4) is 0 Å². The van der Waals surface area contributed by atoms with Gasteiger partial charge in [-0.15, -0.1) is 0 Å². The topological polar surface area (TPSA) is 61.9 Å². The third-order valence-electron chi connectivity index (χ3n) is 4.61. The summed E-state index contributed by atoms with van der Waals surface area (Å²) in [6, 6.07) is 10.3. The van der Waals surface area contributed by atoms with E-state index >= 15 is 0 Å². The lowest BCUT2D eigenvalue weighted by molar-refractivity contribution is -0.120. The van der Waals surface area contributed by atoms with Crippen LogP contribution in [0.5, 0.6) is 0 Å². The van der Waals surface area contributed by atoms with Crippen molar-refractivity contribution in [2.75, 3.05) is 11.4 Å². The molecule has 1 aliphatic rings. The highest BCUT2D eigenvalue weighted by Crippen LogP contribution is 2.29. The number of carbonyl (C=O) groups is 1. The smallest absolute Gasteiger partial charge is 0.231 e. The fraction of sp³-hybridized carbons (Fsp3) is 0.211. The summed E-state index contributed by atoms with van der Waals surface area (Å²) < 4.78 is 13.6. The van der Waals surface area contributed by atoms with Crippen LogP contribution in [0.2, 0.25) is 5.02 Å². The number of halogens is 2. The third-order valence-corrected chi connectivity index (χ3v) is 4.92. The zero-order valence-corrected chi connectivity index (χ0v) is 14.6. The number of hydrogen-bond donors (Lipinski definition) is 1. The molecule has 1 amide bonds. The molecule has 0 saturated carbocycles. The second-order valence-electron chi connectivity index (χ2n) is 6.30. The van der Waals surface area contributed by atoms with Crippen molar-refractivity contribution < 1.29 is 9.18 Å². The minimum atomic E-state index is -0.458. The van der Waals surface area contributed by atoms with Crippen molar-refractivity contribution in [1.29, 1.82) is 0 Å². The first-order valence-corrected chi connectivity index (χ1v) is 8.71. The summed E-state index contributed by atoms with van der Waals surface area (Å²) in [5.74, 6) is -0.0304. The molecular formula is C19H16ClFN4O. The summed E-state index contributed by atoms with van der Waals surface area (Å²) in [6.45, 7) is 0.597. The van der Waals surface area contributed by atoms with Gasteiger partial charge in [0.25, 0.3) is 0 Å². The summed E-state index contributed by atoms with van der Waals surface area (Å²) in [5, 5.41) is 7.33. The van der Waals surface area contributed by atoms with Gasteiger partial charge in [-0.05, 0) is 42.7 Å². The molecule has 1 aromatic carbocycles. The molecular weight excluding hydrogens is 355 g/mol. The standard InChI is InChI=1S/C19H16ClFN4O/c20-15-2-1-12(10-16(15)21)9-14-5-8-25(19(14)26)18-11-17(23-24-18)13-3-6-22-7-4-13/h1-4,6-7,10-11,14H,5,8-9H2,(H,23,24)/t14-/m0/s1. The Morgan fingerprint density at radius 2 is 2.04 bits per heavy atom. The van der Waals surface area contributed by atoms with Crippen molar-refractivity contribution in [2.24, 2.45) is 5.92 Å². The molecule has 1 aliphatic heterocycles. The number of aromatic nitrogens is 3. The van der Waals surface area contributed by atoms with Gasteiger partial charge in [-0.2, -0.15) is 5.10 Å². The fourth-order valence-electron chi connectivity index (χ4n) is 3.24. The molecule has 0 radical (unpaired) electrons. The minimum Gasteiger partial charge on any atom is -0.295 e. The van der Waals surface area contributed by atoms with Gasteiger partial charge in [0, 0.05) is 36.5 Å². The van der Waals surface area contributed by atoms with Crippen molar-refractivity contribution in [3.05, 3.63) is 65.2 Å².